The summed E-state index contributed by atoms with van der Waals surface area (Å²) < 4.78 is 37.7. The van der Waals surface area contributed by atoms with Crippen molar-refractivity contribution in [1.29, 1.82) is 5.26 Å². The van der Waals surface area contributed by atoms with E-state index in [2.05, 4.69) is 33.3 Å². The predicted octanol–water partition coefficient (Wildman–Crippen LogP) is 5.63. The molecule has 46 heavy (non-hydrogen) atoms. The lowest BCUT2D eigenvalue weighted by atomic mass is 9.94. The number of aryl methyl sites for hydroxylation is 2. The average Bonchev–Trinajstić information content (AvgIpc) is 3.69. The number of hydrogen-bond donors (Lipinski definition) is 0. The topological polar surface area (TPSA) is 113 Å². The number of alkyl halides is 1. The Balaban J connectivity index is 1.48. The van der Waals surface area contributed by atoms with E-state index in [1.54, 1.807) is 15.8 Å². The minimum atomic E-state index is -0.741. The number of nitrogens with zero attached hydrogens (tertiary/aromatic N) is 8. The molecule has 2 aliphatic heterocycles. The molecule has 4 aromatic rings. The van der Waals surface area contributed by atoms with Gasteiger partial charge < -0.3 is 9.64 Å². The molecule has 0 spiro atoms. The van der Waals surface area contributed by atoms with Crippen molar-refractivity contribution in [1.82, 2.24) is 34.8 Å². The number of carbonyl (C=O) groups is 1. The molecule has 0 N–H and O–H groups in total. The molecule has 3 aromatic heterocycles. The zero-order valence-corrected chi connectivity index (χ0v) is 26.6. The number of rotatable bonds is 8. The Morgan fingerprint density at radius 1 is 1.24 bits per heavy atom. The van der Waals surface area contributed by atoms with Crippen LogP contribution in [0.2, 0.25) is 0 Å². The molecule has 2 fully saturated rings. The van der Waals surface area contributed by atoms with Gasteiger partial charge in [0.2, 0.25) is 11.8 Å². The van der Waals surface area contributed by atoms with Crippen molar-refractivity contribution >= 4 is 27.8 Å². The summed E-state index contributed by atoms with van der Waals surface area (Å²) in [6, 6.07) is 7.34. The minimum Gasteiger partial charge on any atom is -0.471 e. The highest BCUT2D eigenvalue weighted by Gasteiger charge is 2.35. The number of nitriles is 1. The summed E-state index contributed by atoms with van der Waals surface area (Å²) >= 11 is 0. The van der Waals surface area contributed by atoms with Crippen LogP contribution in [0.3, 0.4) is 0 Å². The third-order valence-electron chi connectivity index (χ3n) is 9.41. The normalized spacial score (nSPS) is 21.3. The number of amides is 1. The van der Waals surface area contributed by atoms with Crippen LogP contribution in [0.1, 0.15) is 56.3 Å². The molecule has 2 saturated heterocycles. The first-order chi connectivity index (χ1) is 22.2. The summed E-state index contributed by atoms with van der Waals surface area (Å²) in [5.41, 5.74) is 3.80. The molecule has 1 unspecified atom stereocenters. The fourth-order valence-corrected chi connectivity index (χ4v) is 7.07. The average molecular weight is 629 g/mol. The van der Waals surface area contributed by atoms with Gasteiger partial charge in [-0.25, -0.2) is 18.4 Å². The fraction of sp³-hybridized carbons (Fsp3) is 0.471. The van der Waals surface area contributed by atoms with Crippen LogP contribution < -0.4 is 4.74 Å². The van der Waals surface area contributed by atoms with Crippen LogP contribution in [0.15, 0.2) is 36.5 Å². The first-order valence-corrected chi connectivity index (χ1v) is 15.8. The quantitative estimate of drug-likeness (QED) is 0.231. The number of pyridine rings is 2. The molecule has 12 heteroatoms. The molecule has 2 aliphatic rings. The number of fused-ring (bicyclic) bond motifs is 3. The monoisotopic (exact) mass is 628 g/mol. The van der Waals surface area contributed by atoms with E-state index in [1.165, 1.54) is 12.2 Å². The standard InChI is InChI=1S/C34H38F2N8O2/c1-20-17-26-31(30(36)29(20)23-10-9-21(2)38-19-23)39-34(46-22(3)27-7-6-15-42(27)4)32-33(26)44(41-40-32)25-12-16-43(24(18-25)11-14-37)28(45)8-5-13-35/h5,8-10,17,19,22,24-25,27H,6-7,11-13,15-16,18H2,1-4H3/b8-5+/t22?,24-,25+,27+/m1/s1. The molecule has 4 atom stereocenters. The Bertz CT molecular complexity index is 1830. The molecule has 10 nitrogen and oxygen atoms in total. The van der Waals surface area contributed by atoms with Gasteiger partial charge in [0.15, 0.2) is 11.3 Å². The van der Waals surface area contributed by atoms with Crippen LogP contribution >= 0.6 is 0 Å². The molecule has 0 bridgehead atoms. The summed E-state index contributed by atoms with van der Waals surface area (Å²) in [4.78, 5) is 25.8. The molecule has 0 saturated carbocycles. The van der Waals surface area contributed by atoms with Gasteiger partial charge in [-0.15, -0.1) is 5.10 Å². The lowest BCUT2D eigenvalue weighted by Crippen LogP contribution is -2.46. The van der Waals surface area contributed by atoms with E-state index in [0.29, 0.717) is 52.5 Å². The number of allylic oxidation sites excluding steroid dienone is 1. The number of halogens is 2. The first kappa shape index (κ1) is 31.5. The second-order valence-corrected chi connectivity index (χ2v) is 12.4. The highest BCUT2D eigenvalue weighted by molar-refractivity contribution is 6.06. The number of aromatic nitrogens is 5. The minimum absolute atomic E-state index is 0.114. The van der Waals surface area contributed by atoms with Crippen molar-refractivity contribution in [3.8, 4) is 23.1 Å². The molecule has 0 aliphatic carbocycles. The Morgan fingerprint density at radius 3 is 2.76 bits per heavy atom. The molecule has 240 valence electrons. The Labute approximate surface area is 266 Å². The summed E-state index contributed by atoms with van der Waals surface area (Å²) in [6.07, 6.45) is 6.94. The van der Waals surface area contributed by atoms with Crippen LogP contribution in [0, 0.1) is 31.0 Å². The highest BCUT2D eigenvalue weighted by Crippen LogP contribution is 2.40. The molecule has 0 radical (unpaired) electrons. The van der Waals surface area contributed by atoms with Gasteiger partial charge in [0.1, 0.15) is 23.8 Å². The largest absolute Gasteiger partial charge is 0.471 e. The van der Waals surface area contributed by atoms with Crippen molar-refractivity contribution in [2.24, 2.45) is 0 Å². The Kier molecular flexibility index (Phi) is 8.95. The number of likely N-dealkylation sites (N-methyl/N-ethyl adjacent to an activating group) is 1. The molecule has 1 aromatic carbocycles. The van der Waals surface area contributed by atoms with Gasteiger partial charge >= 0.3 is 0 Å². The number of piperidine rings is 1. The van der Waals surface area contributed by atoms with Crippen LogP contribution in [0.25, 0.3) is 33.1 Å². The highest BCUT2D eigenvalue weighted by atomic mass is 19.1. The Morgan fingerprint density at radius 2 is 2.07 bits per heavy atom. The summed E-state index contributed by atoms with van der Waals surface area (Å²) in [7, 11) is 2.07. The number of ether oxygens (including phenoxy) is 1. The lowest BCUT2D eigenvalue weighted by Gasteiger charge is -2.38. The predicted molar refractivity (Wildman–Crippen MR) is 170 cm³/mol. The molecule has 6 rings (SSSR count). The van der Waals surface area contributed by atoms with Crippen LogP contribution in [-0.4, -0.2) is 85.7 Å². The van der Waals surface area contributed by atoms with Gasteiger partial charge in [0, 0.05) is 53.1 Å². The van der Waals surface area contributed by atoms with E-state index in [4.69, 9.17) is 9.72 Å². The molecule has 5 heterocycles. The van der Waals surface area contributed by atoms with Gasteiger partial charge in [0.05, 0.1) is 18.5 Å². The van der Waals surface area contributed by atoms with Crippen molar-refractivity contribution in [2.45, 2.75) is 77.1 Å². The number of carbonyl (C=O) groups excluding carboxylic acids is 1. The van der Waals surface area contributed by atoms with Crippen molar-refractivity contribution < 1.29 is 18.3 Å². The molecule has 1 amide bonds. The van der Waals surface area contributed by atoms with Crippen molar-refractivity contribution in [3.05, 3.63) is 53.6 Å². The second kappa shape index (κ2) is 13.1. The van der Waals surface area contributed by atoms with Gasteiger partial charge in [-0.3, -0.25) is 14.7 Å². The van der Waals surface area contributed by atoms with E-state index >= 15 is 4.39 Å². The third kappa shape index (κ3) is 5.80. The number of benzene rings is 1. The summed E-state index contributed by atoms with van der Waals surface area (Å²) in [5, 5.41) is 19.2. The van der Waals surface area contributed by atoms with Crippen molar-refractivity contribution in [3.63, 3.8) is 0 Å². The van der Waals surface area contributed by atoms with Gasteiger partial charge in [0.25, 0.3) is 0 Å². The zero-order chi connectivity index (χ0) is 32.5. The van der Waals surface area contributed by atoms with E-state index < -0.39 is 18.5 Å². The molecular formula is C34H38F2N8O2. The number of hydrogen-bond acceptors (Lipinski definition) is 8. The second-order valence-electron chi connectivity index (χ2n) is 12.4. The van der Waals surface area contributed by atoms with Crippen LogP contribution in [0.5, 0.6) is 5.88 Å². The van der Waals surface area contributed by atoms with Gasteiger partial charge in [-0.1, -0.05) is 11.3 Å². The number of likely N-dealkylation sites (tertiary alicyclic amines) is 2. The first-order valence-electron chi connectivity index (χ1n) is 15.8. The summed E-state index contributed by atoms with van der Waals surface area (Å²) in [6.45, 7) is 6.33. The smallest absolute Gasteiger partial charge is 0.246 e. The third-order valence-corrected chi connectivity index (χ3v) is 9.41. The van der Waals surface area contributed by atoms with E-state index in [9.17, 15) is 14.4 Å². The Hall–Kier alpha value is -4.50. The maximum Gasteiger partial charge on any atom is 0.246 e. The maximum atomic E-state index is 16.7. The SMILES string of the molecule is Cc1ccc(-c2c(C)cc3c(nc(OC(C)[C@@H]4CCCN4C)c4nnn([C@H]5CCN(C(=O)/C=C/CF)[C@H](CC#N)C5)c43)c2F)cn1. The molecular weight excluding hydrogens is 590 g/mol. The van der Waals surface area contributed by atoms with Gasteiger partial charge in [-0.2, -0.15) is 5.26 Å². The van der Waals surface area contributed by atoms with Crippen molar-refractivity contribution in [2.75, 3.05) is 26.8 Å². The lowest BCUT2D eigenvalue weighted by molar-refractivity contribution is -0.130. The summed E-state index contributed by atoms with van der Waals surface area (Å²) in [5.74, 6) is -0.588. The van der Waals surface area contributed by atoms with E-state index in [1.807, 2.05) is 39.0 Å². The van der Waals surface area contributed by atoms with Gasteiger partial charge in [-0.05, 0) is 83.8 Å². The van der Waals surface area contributed by atoms with Crippen LogP contribution in [0.4, 0.5) is 8.78 Å². The van der Waals surface area contributed by atoms with E-state index in [0.717, 1.165) is 25.1 Å². The fourth-order valence-electron chi connectivity index (χ4n) is 7.07. The maximum absolute atomic E-state index is 16.7. The zero-order valence-electron chi connectivity index (χ0n) is 26.6. The van der Waals surface area contributed by atoms with Crippen LogP contribution in [-0.2, 0) is 4.79 Å². The van der Waals surface area contributed by atoms with E-state index in [-0.39, 0.29) is 41.9 Å².